The van der Waals surface area contributed by atoms with Gasteiger partial charge in [0.05, 0.1) is 4.90 Å². The van der Waals surface area contributed by atoms with Crippen LogP contribution < -0.4 is 5.32 Å². The average Bonchev–Trinajstić information content (AvgIpc) is 2.72. The van der Waals surface area contributed by atoms with Gasteiger partial charge in [-0.25, -0.2) is 8.42 Å². The standard InChI is InChI=1S/C21H26N2O3S2/c1-16-6-3-4-13-23(16)28(25,26)20-8-5-7-18(14-20)21(24)22-15-17-9-11-19(27-2)12-10-17/h5,7-12,14,16H,3-4,6,13,15H2,1-2H3,(H,22,24). The SMILES string of the molecule is CSc1ccc(CNC(=O)c2cccc(S(=O)(=O)N3CCCCC3C)c2)cc1. The molecule has 150 valence electrons. The Morgan fingerprint density at radius 3 is 2.61 bits per heavy atom. The number of thioether (sulfide) groups is 1. The van der Waals surface area contributed by atoms with E-state index in [2.05, 4.69) is 5.32 Å². The van der Waals surface area contributed by atoms with Crippen molar-refractivity contribution in [1.82, 2.24) is 9.62 Å². The first-order valence-corrected chi connectivity index (χ1v) is 12.1. The zero-order chi connectivity index (χ0) is 20.1. The third kappa shape index (κ3) is 4.77. The first-order chi connectivity index (χ1) is 13.4. The summed E-state index contributed by atoms with van der Waals surface area (Å²) in [6, 6.07) is 14.3. The maximum absolute atomic E-state index is 13.0. The fourth-order valence-corrected chi connectivity index (χ4v) is 5.54. The summed E-state index contributed by atoms with van der Waals surface area (Å²) in [5.41, 5.74) is 1.35. The number of nitrogens with zero attached hydrogens (tertiary/aromatic N) is 1. The van der Waals surface area contributed by atoms with Gasteiger partial charge in [-0.15, -0.1) is 11.8 Å². The molecule has 0 saturated carbocycles. The van der Waals surface area contributed by atoms with Crippen LogP contribution in [0.1, 0.15) is 42.1 Å². The van der Waals surface area contributed by atoms with Crippen LogP contribution in [0, 0.1) is 0 Å². The van der Waals surface area contributed by atoms with E-state index in [1.807, 2.05) is 37.4 Å². The van der Waals surface area contributed by atoms with Crippen molar-refractivity contribution in [3.05, 3.63) is 59.7 Å². The van der Waals surface area contributed by atoms with Crippen LogP contribution in [-0.2, 0) is 16.6 Å². The van der Waals surface area contributed by atoms with Gasteiger partial charge in [-0.3, -0.25) is 4.79 Å². The number of benzene rings is 2. The van der Waals surface area contributed by atoms with Crippen molar-refractivity contribution in [2.45, 2.75) is 48.6 Å². The molecule has 0 radical (unpaired) electrons. The van der Waals surface area contributed by atoms with Crippen LogP contribution in [-0.4, -0.2) is 37.5 Å². The van der Waals surface area contributed by atoms with Crippen molar-refractivity contribution in [2.75, 3.05) is 12.8 Å². The number of piperidine rings is 1. The van der Waals surface area contributed by atoms with E-state index in [4.69, 9.17) is 0 Å². The third-order valence-electron chi connectivity index (χ3n) is 5.06. The molecule has 0 bridgehead atoms. The number of hydrogen-bond donors (Lipinski definition) is 1. The van der Waals surface area contributed by atoms with Crippen molar-refractivity contribution in [3.63, 3.8) is 0 Å². The summed E-state index contributed by atoms with van der Waals surface area (Å²) >= 11 is 1.67. The molecule has 2 aromatic rings. The summed E-state index contributed by atoms with van der Waals surface area (Å²) in [6.07, 6.45) is 4.81. The predicted octanol–water partition coefficient (Wildman–Crippen LogP) is 3.90. The highest BCUT2D eigenvalue weighted by Gasteiger charge is 2.31. The fourth-order valence-electron chi connectivity index (χ4n) is 3.39. The molecular formula is C21H26N2O3S2. The van der Waals surface area contributed by atoms with Gasteiger partial charge in [0, 0.05) is 29.6 Å². The second-order valence-electron chi connectivity index (χ2n) is 7.02. The molecule has 5 nitrogen and oxygen atoms in total. The lowest BCUT2D eigenvalue weighted by atomic mass is 10.1. The summed E-state index contributed by atoms with van der Waals surface area (Å²) in [5, 5.41) is 2.87. The predicted molar refractivity (Wildman–Crippen MR) is 113 cm³/mol. The molecule has 3 rings (SSSR count). The number of sulfonamides is 1. The highest BCUT2D eigenvalue weighted by molar-refractivity contribution is 7.98. The molecule has 1 heterocycles. The average molecular weight is 419 g/mol. The van der Waals surface area contributed by atoms with Crippen LogP contribution >= 0.6 is 11.8 Å². The van der Waals surface area contributed by atoms with Crippen molar-refractivity contribution >= 4 is 27.7 Å². The van der Waals surface area contributed by atoms with E-state index in [0.717, 1.165) is 24.8 Å². The Balaban J connectivity index is 1.72. The number of nitrogens with one attached hydrogen (secondary N) is 1. The quantitative estimate of drug-likeness (QED) is 0.723. The summed E-state index contributed by atoms with van der Waals surface area (Å²) in [5.74, 6) is -0.280. The summed E-state index contributed by atoms with van der Waals surface area (Å²) < 4.78 is 27.6. The van der Waals surface area contributed by atoms with Gasteiger partial charge in [0.2, 0.25) is 10.0 Å². The Kier molecular flexibility index (Phi) is 6.80. The topological polar surface area (TPSA) is 66.5 Å². The van der Waals surface area contributed by atoms with Gasteiger partial charge in [0.1, 0.15) is 0 Å². The Labute approximate surface area is 171 Å². The first-order valence-electron chi connectivity index (χ1n) is 9.45. The first kappa shape index (κ1) is 20.9. The minimum absolute atomic E-state index is 0.0134. The second kappa shape index (κ2) is 9.11. The van der Waals surface area contributed by atoms with E-state index >= 15 is 0 Å². The zero-order valence-electron chi connectivity index (χ0n) is 16.2. The molecular weight excluding hydrogens is 392 g/mol. The van der Waals surface area contributed by atoms with Gasteiger partial charge >= 0.3 is 0 Å². The van der Waals surface area contributed by atoms with Crippen LogP contribution in [0.5, 0.6) is 0 Å². The van der Waals surface area contributed by atoms with Crippen LogP contribution in [0.4, 0.5) is 0 Å². The lowest BCUT2D eigenvalue weighted by Gasteiger charge is -2.32. The number of carbonyl (C=O) groups is 1. The number of hydrogen-bond acceptors (Lipinski definition) is 4. The fraction of sp³-hybridized carbons (Fsp3) is 0.381. The summed E-state index contributed by atoms with van der Waals surface area (Å²) in [6.45, 7) is 2.87. The molecule has 1 fully saturated rings. The minimum atomic E-state index is -3.59. The van der Waals surface area contributed by atoms with Crippen molar-refractivity contribution in [2.24, 2.45) is 0 Å². The van der Waals surface area contributed by atoms with E-state index in [1.165, 1.54) is 11.0 Å². The summed E-state index contributed by atoms with van der Waals surface area (Å²) in [4.78, 5) is 13.9. The number of carbonyl (C=O) groups excluding carboxylic acids is 1. The zero-order valence-corrected chi connectivity index (χ0v) is 17.9. The maximum Gasteiger partial charge on any atom is 0.251 e. The second-order valence-corrected chi connectivity index (χ2v) is 9.79. The van der Waals surface area contributed by atoms with E-state index in [0.29, 0.717) is 18.7 Å². The molecule has 2 aromatic carbocycles. The van der Waals surface area contributed by atoms with Crippen molar-refractivity contribution in [1.29, 1.82) is 0 Å². The van der Waals surface area contributed by atoms with Gasteiger partial charge in [-0.05, 0) is 61.9 Å². The smallest absolute Gasteiger partial charge is 0.251 e. The molecule has 1 unspecified atom stereocenters. The summed E-state index contributed by atoms with van der Waals surface area (Å²) in [7, 11) is -3.59. The molecule has 0 aromatic heterocycles. The van der Waals surface area contributed by atoms with Gasteiger partial charge in [0.25, 0.3) is 5.91 Å². The van der Waals surface area contributed by atoms with Crippen LogP contribution in [0.25, 0.3) is 0 Å². The van der Waals surface area contributed by atoms with Gasteiger partial charge < -0.3 is 5.32 Å². The minimum Gasteiger partial charge on any atom is -0.348 e. The lowest BCUT2D eigenvalue weighted by molar-refractivity contribution is 0.0950. The van der Waals surface area contributed by atoms with Gasteiger partial charge in [0.15, 0.2) is 0 Å². The number of rotatable bonds is 6. The highest BCUT2D eigenvalue weighted by Crippen LogP contribution is 2.25. The Hall–Kier alpha value is -1.83. The molecule has 1 N–H and O–H groups in total. The molecule has 0 aliphatic carbocycles. The molecule has 1 amide bonds. The highest BCUT2D eigenvalue weighted by atomic mass is 32.2. The van der Waals surface area contributed by atoms with Crippen molar-refractivity contribution < 1.29 is 13.2 Å². The van der Waals surface area contributed by atoms with E-state index in [9.17, 15) is 13.2 Å². The van der Waals surface area contributed by atoms with Gasteiger partial charge in [-0.1, -0.05) is 24.6 Å². The van der Waals surface area contributed by atoms with E-state index < -0.39 is 10.0 Å². The van der Waals surface area contributed by atoms with Crippen LogP contribution in [0.15, 0.2) is 58.3 Å². The number of amides is 1. The molecule has 1 aliphatic heterocycles. The van der Waals surface area contributed by atoms with Crippen LogP contribution in [0.3, 0.4) is 0 Å². The van der Waals surface area contributed by atoms with Crippen molar-refractivity contribution in [3.8, 4) is 0 Å². The van der Waals surface area contributed by atoms with E-state index in [1.54, 1.807) is 34.3 Å². The molecule has 0 spiro atoms. The molecule has 28 heavy (non-hydrogen) atoms. The lowest BCUT2D eigenvalue weighted by Crippen LogP contribution is -2.42. The van der Waals surface area contributed by atoms with Crippen LogP contribution in [0.2, 0.25) is 0 Å². The largest absolute Gasteiger partial charge is 0.348 e. The third-order valence-corrected chi connectivity index (χ3v) is 7.81. The van der Waals surface area contributed by atoms with E-state index in [-0.39, 0.29) is 16.8 Å². The Morgan fingerprint density at radius 1 is 1.18 bits per heavy atom. The monoisotopic (exact) mass is 418 g/mol. The molecule has 1 aliphatic rings. The van der Waals surface area contributed by atoms with Gasteiger partial charge in [-0.2, -0.15) is 4.31 Å². The Bertz CT molecular complexity index is 927. The Morgan fingerprint density at radius 2 is 1.93 bits per heavy atom. The normalized spacial score (nSPS) is 18.0. The maximum atomic E-state index is 13.0. The molecule has 1 atom stereocenters. The molecule has 7 heteroatoms. The molecule has 1 saturated heterocycles.